The summed E-state index contributed by atoms with van der Waals surface area (Å²) >= 11 is 0. The summed E-state index contributed by atoms with van der Waals surface area (Å²) in [5.74, 6) is 5.64. The molecule has 4 aromatic rings. The Kier molecular flexibility index (Phi) is 5.23. The van der Waals surface area contributed by atoms with Gasteiger partial charge in [0.05, 0.1) is 17.4 Å². The SMILES string of the molecule is CC(C)(C)C#Cc1cc(N(CC(F)F)c2nc3nncn3c3cccc(F)c23)ccn1. The van der Waals surface area contributed by atoms with E-state index in [1.54, 1.807) is 18.2 Å². The van der Waals surface area contributed by atoms with E-state index in [1.165, 1.54) is 34.0 Å². The quantitative estimate of drug-likeness (QED) is 0.448. The molecule has 31 heavy (non-hydrogen) atoms. The van der Waals surface area contributed by atoms with Crippen molar-refractivity contribution in [2.24, 2.45) is 5.41 Å². The van der Waals surface area contributed by atoms with Crippen molar-refractivity contribution in [1.29, 1.82) is 0 Å². The summed E-state index contributed by atoms with van der Waals surface area (Å²) < 4.78 is 43.5. The second kappa shape index (κ2) is 7.87. The maximum absolute atomic E-state index is 14.9. The van der Waals surface area contributed by atoms with Crippen LogP contribution < -0.4 is 4.90 Å². The molecule has 0 amide bonds. The first-order chi connectivity index (χ1) is 14.7. The predicted molar refractivity (Wildman–Crippen MR) is 112 cm³/mol. The highest BCUT2D eigenvalue weighted by atomic mass is 19.3. The van der Waals surface area contributed by atoms with E-state index in [1.807, 2.05) is 20.8 Å². The lowest BCUT2D eigenvalue weighted by Crippen LogP contribution is -2.25. The van der Waals surface area contributed by atoms with Gasteiger partial charge in [-0.05, 0) is 51.0 Å². The third-order valence-corrected chi connectivity index (χ3v) is 4.41. The van der Waals surface area contributed by atoms with Crippen molar-refractivity contribution in [3.63, 3.8) is 0 Å². The zero-order valence-corrected chi connectivity index (χ0v) is 17.1. The molecule has 0 spiro atoms. The fraction of sp³-hybridized carbons (Fsp3) is 0.273. The van der Waals surface area contributed by atoms with Gasteiger partial charge in [0, 0.05) is 17.3 Å². The first-order valence-corrected chi connectivity index (χ1v) is 9.56. The van der Waals surface area contributed by atoms with E-state index in [0.29, 0.717) is 16.9 Å². The summed E-state index contributed by atoms with van der Waals surface area (Å²) in [5.41, 5.74) is 0.959. The molecular formula is C22H19F3N6. The van der Waals surface area contributed by atoms with Gasteiger partial charge in [0.15, 0.2) is 0 Å². The summed E-state index contributed by atoms with van der Waals surface area (Å²) in [4.78, 5) is 9.82. The molecule has 0 saturated heterocycles. The van der Waals surface area contributed by atoms with Gasteiger partial charge < -0.3 is 4.90 Å². The smallest absolute Gasteiger partial charge is 0.257 e. The van der Waals surface area contributed by atoms with Crippen LogP contribution in [0.2, 0.25) is 0 Å². The molecule has 0 fully saturated rings. The number of pyridine rings is 1. The van der Waals surface area contributed by atoms with E-state index in [4.69, 9.17) is 0 Å². The lowest BCUT2D eigenvalue weighted by atomic mass is 9.98. The topological polar surface area (TPSA) is 59.2 Å². The summed E-state index contributed by atoms with van der Waals surface area (Å²) in [6, 6.07) is 7.60. The number of hydrogen-bond donors (Lipinski definition) is 0. The molecule has 1 aromatic carbocycles. The zero-order valence-electron chi connectivity index (χ0n) is 17.1. The second-order valence-electron chi connectivity index (χ2n) is 7.97. The highest BCUT2D eigenvalue weighted by Crippen LogP contribution is 2.33. The number of nitrogens with zero attached hydrogens (tertiary/aromatic N) is 6. The molecule has 6 nitrogen and oxygen atoms in total. The van der Waals surface area contributed by atoms with Crippen LogP contribution in [0.25, 0.3) is 16.7 Å². The van der Waals surface area contributed by atoms with Crippen LogP contribution in [0.1, 0.15) is 26.5 Å². The maximum Gasteiger partial charge on any atom is 0.257 e. The number of fused-ring (bicyclic) bond motifs is 3. The van der Waals surface area contributed by atoms with Gasteiger partial charge >= 0.3 is 0 Å². The van der Waals surface area contributed by atoms with Crippen LogP contribution >= 0.6 is 0 Å². The standard InChI is InChI=1S/C22H19F3N6/c1-22(2,3)9-7-14-11-15(8-10-26-14)30(12-18(24)25)20-19-16(23)5-4-6-17(19)31-13-27-29-21(31)28-20/h4-6,8,10-11,13,18H,12H2,1-3H3. The number of anilines is 2. The first kappa shape index (κ1) is 20.6. The molecule has 3 heterocycles. The lowest BCUT2D eigenvalue weighted by molar-refractivity contribution is 0.158. The van der Waals surface area contributed by atoms with Crippen LogP contribution in [0, 0.1) is 23.1 Å². The van der Waals surface area contributed by atoms with Crippen molar-refractivity contribution in [3.8, 4) is 11.8 Å². The van der Waals surface area contributed by atoms with E-state index < -0.39 is 18.8 Å². The van der Waals surface area contributed by atoms with Gasteiger partial charge in [-0.2, -0.15) is 4.98 Å². The minimum absolute atomic E-state index is 0.0230. The molecule has 0 atom stereocenters. The van der Waals surface area contributed by atoms with Crippen molar-refractivity contribution >= 4 is 28.2 Å². The molecule has 0 aliphatic rings. The van der Waals surface area contributed by atoms with Gasteiger partial charge in [-0.25, -0.2) is 18.2 Å². The van der Waals surface area contributed by atoms with Crippen molar-refractivity contribution in [1.82, 2.24) is 24.6 Å². The lowest BCUT2D eigenvalue weighted by Gasteiger charge is -2.25. The minimum atomic E-state index is -2.70. The van der Waals surface area contributed by atoms with Crippen molar-refractivity contribution < 1.29 is 13.2 Å². The molecule has 3 aromatic heterocycles. The van der Waals surface area contributed by atoms with E-state index in [0.717, 1.165) is 0 Å². The Morgan fingerprint density at radius 2 is 2.00 bits per heavy atom. The third kappa shape index (κ3) is 4.28. The Balaban J connectivity index is 1.94. The van der Waals surface area contributed by atoms with E-state index in [2.05, 4.69) is 32.0 Å². The number of aromatic nitrogens is 5. The van der Waals surface area contributed by atoms with Gasteiger partial charge in [-0.15, -0.1) is 10.2 Å². The van der Waals surface area contributed by atoms with Gasteiger partial charge in [0.2, 0.25) is 0 Å². The monoisotopic (exact) mass is 424 g/mol. The van der Waals surface area contributed by atoms with Gasteiger partial charge in [-0.1, -0.05) is 12.0 Å². The van der Waals surface area contributed by atoms with Crippen LogP contribution in [0.15, 0.2) is 42.9 Å². The van der Waals surface area contributed by atoms with Crippen LogP contribution in [0.5, 0.6) is 0 Å². The molecule has 0 bridgehead atoms. The minimum Gasteiger partial charge on any atom is -0.320 e. The van der Waals surface area contributed by atoms with Gasteiger partial charge in [0.25, 0.3) is 12.2 Å². The normalized spacial score (nSPS) is 11.7. The average molecular weight is 424 g/mol. The Morgan fingerprint density at radius 3 is 2.74 bits per heavy atom. The number of alkyl halides is 2. The third-order valence-electron chi connectivity index (χ3n) is 4.41. The fourth-order valence-corrected chi connectivity index (χ4v) is 3.12. The van der Waals surface area contributed by atoms with E-state index in [-0.39, 0.29) is 22.4 Å². The molecule has 0 radical (unpaired) electrons. The predicted octanol–water partition coefficient (Wildman–Crippen LogP) is 4.61. The Morgan fingerprint density at radius 1 is 1.19 bits per heavy atom. The Bertz CT molecular complexity index is 1310. The molecule has 0 saturated carbocycles. The summed E-state index contributed by atoms with van der Waals surface area (Å²) in [6.07, 6.45) is 0.182. The number of hydrogen-bond acceptors (Lipinski definition) is 5. The van der Waals surface area contributed by atoms with Crippen molar-refractivity contribution in [2.75, 3.05) is 11.4 Å². The molecule has 9 heteroatoms. The highest BCUT2D eigenvalue weighted by molar-refractivity contribution is 5.94. The molecule has 0 N–H and O–H groups in total. The van der Waals surface area contributed by atoms with E-state index >= 15 is 0 Å². The van der Waals surface area contributed by atoms with Crippen molar-refractivity contribution in [3.05, 3.63) is 54.4 Å². The van der Waals surface area contributed by atoms with Crippen LogP contribution in [0.4, 0.5) is 24.7 Å². The number of halogens is 3. The summed E-state index contributed by atoms with van der Waals surface area (Å²) in [7, 11) is 0. The number of benzene rings is 1. The fourth-order valence-electron chi connectivity index (χ4n) is 3.12. The molecular weight excluding hydrogens is 405 g/mol. The first-order valence-electron chi connectivity index (χ1n) is 9.56. The van der Waals surface area contributed by atoms with Crippen LogP contribution in [-0.4, -0.2) is 37.5 Å². The Hall–Kier alpha value is -3.67. The molecule has 0 aliphatic heterocycles. The summed E-state index contributed by atoms with van der Waals surface area (Å²) in [6.45, 7) is 5.18. The largest absolute Gasteiger partial charge is 0.320 e. The zero-order chi connectivity index (χ0) is 22.2. The second-order valence-corrected chi connectivity index (χ2v) is 7.97. The van der Waals surface area contributed by atoms with Gasteiger partial charge in [0.1, 0.15) is 23.7 Å². The molecule has 4 rings (SSSR count). The van der Waals surface area contributed by atoms with Gasteiger partial charge in [-0.3, -0.25) is 4.40 Å². The summed E-state index contributed by atoms with van der Waals surface area (Å²) in [5, 5.41) is 7.82. The molecule has 0 aliphatic carbocycles. The highest BCUT2D eigenvalue weighted by Gasteiger charge is 2.23. The molecule has 0 unspecified atom stereocenters. The molecule has 158 valence electrons. The maximum atomic E-state index is 14.9. The van der Waals surface area contributed by atoms with Crippen molar-refractivity contribution in [2.45, 2.75) is 27.2 Å². The van der Waals surface area contributed by atoms with Crippen LogP contribution in [0.3, 0.4) is 0 Å². The van der Waals surface area contributed by atoms with Crippen LogP contribution in [-0.2, 0) is 0 Å². The van der Waals surface area contributed by atoms with E-state index in [9.17, 15) is 13.2 Å². The average Bonchev–Trinajstić information content (AvgIpc) is 3.19. The Labute approximate surface area is 176 Å². The number of rotatable bonds is 4.